The van der Waals surface area contributed by atoms with Crippen LogP contribution in [-0.4, -0.2) is 39.5 Å². The number of benzene rings is 3. The minimum atomic E-state index is -0.494. The number of para-hydroxylation sites is 1. The molecule has 0 fully saturated rings. The Morgan fingerprint density at radius 1 is 1.14 bits per heavy atom. The first-order valence-corrected chi connectivity index (χ1v) is 11.3. The first-order chi connectivity index (χ1) is 17.0. The number of hydrazone groups is 1. The van der Waals surface area contributed by atoms with Gasteiger partial charge in [0.2, 0.25) is 0 Å². The molecule has 0 aliphatic carbocycles. The molecule has 11 heteroatoms. The van der Waals surface area contributed by atoms with E-state index in [0.717, 1.165) is 11.8 Å². The van der Waals surface area contributed by atoms with E-state index in [-0.39, 0.29) is 17.0 Å². The number of nitrogens with zero attached hydrogens (tertiary/aromatic N) is 4. The molecule has 1 amide bonds. The molecule has 1 N–H and O–H groups in total. The molecule has 1 heterocycles. The number of carbonyl (C=O) groups excluding carboxylic acids is 1. The van der Waals surface area contributed by atoms with Gasteiger partial charge in [-0.3, -0.25) is 24.3 Å². The Labute approximate surface area is 203 Å². The van der Waals surface area contributed by atoms with Crippen LogP contribution in [0.15, 0.2) is 87.8 Å². The second-order valence-corrected chi connectivity index (χ2v) is 8.12. The number of carbonyl (C=O) groups is 1. The quantitative estimate of drug-likeness (QED) is 0.132. The van der Waals surface area contributed by atoms with E-state index >= 15 is 0 Å². The van der Waals surface area contributed by atoms with Crippen molar-refractivity contribution >= 4 is 40.5 Å². The lowest BCUT2D eigenvalue weighted by atomic mass is 10.2. The summed E-state index contributed by atoms with van der Waals surface area (Å²) in [6, 6.07) is 19.7. The van der Waals surface area contributed by atoms with Crippen LogP contribution in [0.4, 0.5) is 5.69 Å². The number of non-ortho nitro benzene ring substituents is 1. The smallest absolute Gasteiger partial charge is 0.269 e. The number of nitro benzene ring substituents is 1. The maximum Gasteiger partial charge on any atom is 0.269 e. The molecule has 35 heavy (non-hydrogen) atoms. The lowest BCUT2D eigenvalue weighted by Gasteiger charge is -2.13. The highest BCUT2D eigenvalue weighted by Crippen LogP contribution is 2.22. The molecule has 0 atom stereocenters. The monoisotopic (exact) mass is 489 g/mol. The third-order valence-corrected chi connectivity index (χ3v) is 5.85. The number of fused-ring (bicyclic) bond motifs is 1. The van der Waals surface area contributed by atoms with E-state index < -0.39 is 10.8 Å². The fourth-order valence-corrected chi connectivity index (χ4v) is 4.00. The molecule has 1 aromatic heterocycles. The molecule has 10 nitrogen and oxygen atoms in total. The molecule has 0 aliphatic rings. The first kappa shape index (κ1) is 23.6. The molecule has 0 saturated carbocycles. The van der Waals surface area contributed by atoms with Gasteiger partial charge in [0.15, 0.2) is 5.16 Å². The summed E-state index contributed by atoms with van der Waals surface area (Å²) in [5.74, 6) is 0.199. The number of ether oxygens (including phenoxy) is 1. The van der Waals surface area contributed by atoms with Crippen LogP contribution in [0.1, 0.15) is 5.56 Å². The highest BCUT2D eigenvalue weighted by molar-refractivity contribution is 7.99. The largest absolute Gasteiger partial charge is 0.497 e. The van der Waals surface area contributed by atoms with Gasteiger partial charge in [-0.25, -0.2) is 10.4 Å². The van der Waals surface area contributed by atoms with Gasteiger partial charge in [0, 0.05) is 12.1 Å². The number of nitrogens with one attached hydrogen (secondary N) is 1. The van der Waals surface area contributed by atoms with Gasteiger partial charge in [-0.2, -0.15) is 5.10 Å². The SMILES string of the molecule is COc1ccc(-n2c(SCC(=O)N/N=C\c3ccc([N+](=O)[O-])cc3)nc3ccccc3c2=O)cc1. The fraction of sp³-hybridized carbons (Fsp3) is 0.0833. The summed E-state index contributed by atoms with van der Waals surface area (Å²) in [5.41, 5.74) is 3.84. The second-order valence-electron chi connectivity index (χ2n) is 7.18. The molecule has 4 rings (SSSR count). The van der Waals surface area contributed by atoms with Gasteiger partial charge in [0.05, 0.1) is 40.6 Å². The summed E-state index contributed by atoms with van der Waals surface area (Å²) in [6.07, 6.45) is 1.38. The van der Waals surface area contributed by atoms with Gasteiger partial charge < -0.3 is 4.74 Å². The molecule has 4 aromatic rings. The molecule has 0 aliphatic heterocycles. The number of aromatic nitrogens is 2. The number of hydrogen-bond donors (Lipinski definition) is 1. The molecule has 0 spiro atoms. The highest BCUT2D eigenvalue weighted by atomic mass is 32.2. The Hall–Kier alpha value is -4.51. The third kappa shape index (κ3) is 5.53. The standard InChI is InChI=1S/C24H19N5O5S/c1-34-19-12-10-17(11-13-19)28-23(31)20-4-2-3-5-21(20)26-24(28)35-15-22(30)27-25-14-16-6-8-18(9-7-16)29(32)33/h2-14H,15H2,1H3,(H,27,30)/b25-14-. The van der Waals surface area contributed by atoms with E-state index in [4.69, 9.17) is 4.74 Å². The summed E-state index contributed by atoms with van der Waals surface area (Å²) < 4.78 is 6.65. The van der Waals surface area contributed by atoms with Gasteiger partial charge in [0.1, 0.15) is 5.75 Å². The van der Waals surface area contributed by atoms with Crippen molar-refractivity contribution in [2.24, 2.45) is 5.10 Å². The number of thioether (sulfide) groups is 1. The molecule has 0 bridgehead atoms. The van der Waals surface area contributed by atoms with E-state index in [1.54, 1.807) is 55.6 Å². The predicted molar refractivity (Wildman–Crippen MR) is 133 cm³/mol. The average Bonchev–Trinajstić information content (AvgIpc) is 2.88. The van der Waals surface area contributed by atoms with Crippen molar-refractivity contribution in [2.75, 3.05) is 12.9 Å². The predicted octanol–water partition coefficient (Wildman–Crippen LogP) is 3.54. The lowest BCUT2D eigenvalue weighted by molar-refractivity contribution is -0.384. The first-order valence-electron chi connectivity index (χ1n) is 10.3. The van der Waals surface area contributed by atoms with Crippen LogP contribution in [0.2, 0.25) is 0 Å². The van der Waals surface area contributed by atoms with Gasteiger partial charge in [0.25, 0.3) is 17.2 Å². The van der Waals surface area contributed by atoms with Crippen molar-refractivity contribution in [2.45, 2.75) is 5.16 Å². The Bertz CT molecular complexity index is 1470. The van der Waals surface area contributed by atoms with E-state index in [9.17, 15) is 19.7 Å². The van der Waals surface area contributed by atoms with Crippen molar-refractivity contribution < 1.29 is 14.5 Å². The zero-order chi connectivity index (χ0) is 24.8. The Morgan fingerprint density at radius 2 is 1.86 bits per heavy atom. The fourth-order valence-electron chi connectivity index (χ4n) is 3.19. The van der Waals surface area contributed by atoms with Crippen LogP contribution in [0.5, 0.6) is 5.75 Å². The van der Waals surface area contributed by atoms with Gasteiger partial charge in [-0.05, 0) is 54.1 Å². The van der Waals surface area contributed by atoms with E-state index in [2.05, 4.69) is 15.5 Å². The van der Waals surface area contributed by atoms with Gasteiger partial charge in [-0.15, -0.1) is 0 Å². The molecule has 3 aromatic carbocycles. The lowest BCUT2D eigenvalue weighted by Crippen LogP contribution is -2.24. The van der Waals surface area contributed by atoms with Gasteiger partial charge in [-0.1, -0.05) is 23.9 Å². The van der Waals surface area contributed by atoms with Crippen LogP contribution < -0.4 is 15.7 Å². The van der Waals surface area contributed by atoms with E-state index in [1.807, 2.05) is 0 Å². The van der Waals surface area contributed by atoms with Gasteiger partial charge >= 0.3 is 0 Å². The minimum Gasteiger partial charge on any atom is -0.497 e. The van der Waals surface area contributed by atoms with Crippen molar-refractivity contribution in [1.82, 2.24) is 15.0 Å². The third-order valence-electron chi connectivity index (χ3n) is 4.91. The summed E-state index contributed by atoms with van der Waals surface area (Å²) in [7, 11) is 1.56. The average molecular weight is 490 g/mol. The topological polar surface area (TPSA) is 129 Å². The number of nitro groups is 1. The molecular formula is C24H19N5O5S. The molecule has 0 radical (unpaired) electrons. The van der Waals surface area contributed by atoms with Crippen LogP contribution >= 0.6 is 11.8 Å². The maximum absolute atomic E-state index is 13.3. The molecule has 176 valence electrons. The number of rotatable bonds is 8. The summed E-state index contributed by atoms with van der Waals surface area (Å²) >= 11 is 1.10. The van der Waals surface area contributed by atoms with E-state index in [1.165, 1.54) is 35.0 Å². The molecule has 0 unspecified atom stereocenters. The summed E-state index contributed by atoms with van der Waals surface area (Å²) in [5, 5.41) is 15.4. The summed E-state index contributed by atoms with van der Waals surface area (Å²) in [4.78, 5) is 40.4. The van der Waals surface area contributed by atoms with Crippen molar-refractivity contribution in [3.8, 4) is 11.4 Å². The maximum atomic E-state index is 13.3. The van der Waals surface area contributed by atoms with Crippen molar-refractivity contribution in [3.63, 3.8) is 0 Å². The zero-order valence-electron chi connectivity index (χ0n) is 18.5. The number of methoxy groups -OCH3 is 1. The molecular weight excluding hydrogens is 470 g/mol. The van der Waals surface area contributed by atoms with E-state index in [0.29, 0.717) is 33.1 Å². The Balaban J connectivity index is 1.52. The molecule has 0 saturated heterocycles. The van der Waals surface area contributed by atoms with Crippen LogP contribution in [-0.2, 0) is 4.79 Å². The second kappa shape index (κ2) is 10.6. The van der Waals surface area contributed by atoms with Crippen molar-refractivity contribution in [3.05, 3.63) is 98.8 Å². The highest BCUT2D eigenvalue weighted by Gasteiger charge is 2.15. The van der Waals surface area contributed by atoms with Crippen LogP contribution in [0.25, 0.3) is 16.6 Å². The normalized spacial score (nSPS) is 11.0. The Kier molecular flexibility index (Phi) is 7.17. The number of hydrogen-bond acceptors (Lipinski definition) is 8. The summed E-state index contributed by atoms with van der Waals surface area (Å²) in [6.45, 7) is 0. The Morgan fingerprint density at radius 3 is 2.54 bits per heavy atom. The van der Waals surface area contributed by atoms with Crippen molar-refractivity contribution in [1.29, 1.82) is 0 Å². The number of amides is 1. The van der Waals surface area contributed by atoms with Crippen LogP contribution in [0.3, 0.4) is 0 Å². The van der Waals surface area contributed by atoms with Crippen LogP contribution in [0, 0.1) is 10.1 Å². The zero-order valence-corrected chi connectivity index (χ0v) is 19.3. The minimum absolute atomic E-state index is 0.0339.